The highest BCUT2D eigenvalue weighted by atomic mass is 19.1. The zero-order valence-electron chi connectivity index (χ0n) is 10.7. The molecule has 0 amide bonds. The van der Waals surface area contributed by atoms with Crippen LogP contribution in [0.2, 0.25) is 0 Å². The van der Waals surface area contributed by atoms with Crippen molar-refractivity contribution in [1.29, 1.82) is 0 Å². The van der Waals surface area contributed by atoms with E-state index in [1.807, 2.05) is 6.92 Å². The number of aromatic nitrogens is 1. The molecule has 1 aromatic heterocycles. The Kier molecular flexibility index (Phi) is 3.94. The van der Waals surface area contributed by atoms with Gasteiger partial charge in [-0.2, -0.15) is 4.39 Å². The summed E-state index contributed by atoms with van der Waals surface area (Å²) in [4.78, 5) is 3.55. The van der Waals surface area contributed by atoms with Crippen molar-refractivity contribution in [2.24, 2.45) is 0 Å². The molecule has 0 fully saturated rings. The third kappa shape index (κ3) is 3.19. The summed E-state index contributed by atoms with van der Waals surface area (Å²) in [5.41, 5.74) is 1.44. The third-order valence-electron chi connectivity index (χ3n) is 2.79. The average molecular weight is 264 g/mol. The first-order valence-electron chi connectivity index (χ1n) is 5.81. The summed E-state index contributed by atoms with van der Waals surface area (Å²) in [6.07, 6.45) is 1.39. The first kappa shape index (κ1) is 13.3. The number of hydrogen-bond acceptors (Lipinski definition) is 3. The second-order valence-electron chi connectivity index (χ2n) is 4.13. The lowest BCUT2D eigenvalue weighted by atomic mass is 10.1. The maximum absolute atomic E-state index is 13.6. The smallest absolute Gasteiger partial charge is 0.212 e. The SMILES string of the molecule is COc1ccc(C(C)Nc2ccc(F)nc2)cc1F. The van der Waals surface area contributed by atoms with Gasteiger partial charge in [0.1, 0.15) is 0 Å². The van der Waals surface area contributed by atoms with Gasteiger partial charge in [-0.25, -0.2) is 9.37 Å². The molecule has 1 unspecified atom stereocenters. The van der Waals surface area contributed by atoms with Crippen molar-refractivity contribution < 1.29 is 13.5 Å². The molecule has 1 heterocycles. The first-order valence-corrected chi connectivity index (χ1v) is 5.81. The van der Waals surface area contributed by atoms with Crippen LogP contribution in [0, 0.1) is 11.8 Å². The van der Waals surface area contributed by atoms with E-state index in [1.165, 1.54) is 25.4 Å². The van der Waals surface area contributed by atoms with Gasteiger partial charge in [0.2, 0.25) is 5.95 Å². The van der Waals surface area contributed by atoms with Gasteiger partial charge >= 0.3 is 0 Å². The molecular formula is C14H14F2N2O. The lowest BCUT2D eigenvalue weighted by Crippen LogP contribution is -2.07. The number of nitrogens with one attached hydrogen (secondary N) is 1. The molecular weight excluding hydrogens is 250 g/mol. The molecule has 0 aliphatic rings. The van der Waals surface area contributed by atoms with E-state index in [9.17, 15) is 8.78 Å². The summed E-state index contributed by atoms with van der Waals surface area (Å²) >= 11 is 0. The molecule has 2 aromatic rings. The summed E-state index contributed by atoms with van der Waals surface area (Å²) in [5, 5.41) is 3.11. The van der Waals surface area contributed by atoms with Gasteiger partial charge in [0.05, 0.1) is 19.0 Å². The minimum Gasteiger partial charge on any atom is -0.494 e. The van der Waals surface area contributed by atoms with Crippen LogP contribution in [-0.4, -0.2) is 12.1 Å². The van der Waals surface area contributed by atoms with Crippen LogP contribution in [0.5, 0.6) is 5.75 Å². The van der Waals surface area contributed by atoms with E-state index < -0.39 is 11.8 Å². The maximum atomic E-state index is 13.6. The second kappa shape index (κ2) is 5.65. The number of benzene rings is 1. The lowest BCUT2D eigenvalue weighted by Gasteiger charge is -2.16. The maximum Gasteiger partial charge on any atom is 0.212 e. The Balaban J connectivity index is 2.13. The molecule has 2 rings (SSSR count). The number of ether oxygens (including phenoxy) is 1. The van der Waals surface area contributed by atoms with Gasteiger partial charge < -0.3 is 10.1 Å². The predicted octanol–water partition coefficient (Wildman–Crippen LogP) is 3.54. The summed E-state index contributed by atoms with van der Waals surface area (Å²) < 4.78 is 31.1. The van der Waals surface area contributed by atoms with Crippen LogP contribution in [0.1, 0.15) is 18.5 Å². The number of anilines is 1. The predicted molar refractivity (Wildman–Crippen MR) is 69.2 cm³/mol. The summed E-state index contributed by atoms with van der Waals surface area (Å²) in [6, 6.07) is 7.48. The third-order valence-corrected chi connectivity index (χ3v) is 2.79. The Morgan fingerprint density at radius 3 is 2.58 bits per heavy atom. The van der Waals surface area contributed by atoms with E-state index in [2.05, 4.69) is 10.3 Å². The minimum absolute atomic E-state index is 0.132. The fourth-order valence-electron chi connectivity index (χ4n) is 1.75. The fourth-order valence-corrected chi connectivity index (χ4v) is 1.75. The van der Waals surface area contributed by atoms with Crippen molar-refractivity contribution >= 4 is 5.69 Å². The summed E-state index contributed by atoms with van der Waals surface area (Å²) in [6.45, 7) is 1.88. The minimum atomic E-state index is -0.534. The van der Waals surface area contributed by atoms with Crippen LogP contribution in [0.25, 0.3) is 0 Å². The van der Waals surface area contributed by atoms with Gasteiger partial charge in [-0.3, -0.25) is 0 Å². The van der Waals surface area contributed by atoms with E-state index in [4.69, 9.17) is 4.74 Å². The van der Waals surface area contributed by atoms with Crippen LogP contribution in [0.15, 0.2) is 36.5 Å². The zero-order valence-corrected chi connectivity index (χ0v) is 10.7. The van der Waals surface area contributed by atoms with Gasteiger partial charge in [-0.05, 0) is 36.8 Å². The molecule has 1 N–H and O–H groups in total. The van der Waals surface area contributed by atoms with Gasteiger partial charge in [0.25, 0.3) is 0 Å². The first-order chi connectivity index (χ1) is 9.10. The molecule has 0 bridgehead atoms. The Bertz CT molecular complexity index is 558. The van der Waals surface area contributed by atoms with Crippen LogP contribution in [-0.2, 0) is 0 Å². The van der Waals surface area contributed by atoms with Crippen molar-refractivity contribution in [3.8, 4) is 5.75 Å². The molecule has 0 saturated heterocycles. The lowest BCUT2D eigenvalue weighted by molar-refractivity contribution is 0.386. The van der Waals surface area contributed by atoms with E-state index in [0.717, 1.165) is 5.56 Å². The second-order valence-corrected chi connectivity index (χ2v) is 4.13. The molecule has 100 valence electrons. The number of halogens is 2. The Labute approximate surface area is 110 Å². The Morgan fingerprint density at radius 1 is 1.21 bits per heavy atom. The van der Waals surface area contributed by atoms with Crippen LogP contribution in [0.3, 0.4) is 0 Å². The van der Waals surface area contributed by atoms with Gasteiger partial charge in [0, 0.05) is 6.04 Å². The van der Waals surface area contributed by atoms with E-state index in [-0.39, 0.29) is 11.8 Å². The quantitative estimate of drug-likeness (QED) is 0.858. The Hall–Kier alpha value is -2.17. The van der Waals surface area contributed by atoms with Gasteiger partial charge in [0.15, 0.2) is 11.6 Å². The molecule has 19 heavy (non-hydrogen) atoms. The molecule has 3 nitrogen and oxygen atoms in total. The van der Waals surface area contributed by atoms with Crippen molar-refractivity contribution in [3.05, 3.63) is 53.9 Å². The summed E-state index contributed by atoms with van der Waals surface area (Å²) in [7, 11) is 1.42. The van der Waals surface area contributed by atoms with Gasteiger partial charge in [-0.15, -0.1) is 0 Å². The van der Waals surface area contributed by atoms with E-state index in [0.29, 0.717) is 5.69 Å². The van der Waals surface area contributed by atoms with Crippen LogP contribution >= 0.6 is 0 Å². The number of hydrogen-bond donors (Lipinski definition) is 1. The highest BCUT2D eigenvalue weighted by Crippen LogP contribution is 2.24. The normalized spacial score (nSPS) is 12.0. The van der Waals surface area contributed by atoms with Crippen molar-refractivity contribution in [1.82, 2.24) is 4.98 Å². The molecule has 0 saturated carbocycles. The van der Waals surface area contributed by atoms with Crippen molar-refractivity contribution in [3.63, 3.8) is 0 Å². The van der Waals surface area contributed by atoms with Crippen LogP contribution < -0.4 is 10.1 Å². The van der Waals surface area contributed by atoms with Crippen molar-refractivity contribution in [2.45, 2.75) is 13.0 Å². The molecule has 1 aromatic carbocycles. The van der Waals surface area contributed by atoms with Crippen LogP contribution in [0.4, 0.5) is 14.5 Å². The average Bonchev–Trinajstić information content (AvgIpc) is 2.41. The highest BCUT2D eigenvalue weighted by molar-refractivity contribution is 5.43. The highest BCUT2D eigenvalue weighted by Gasteiger charge is 2.09. The standard InChI is InChI=1S/C14H14F2N2O/c1-9(18-11-4-6-14(16)17-8-11)10-3-5-13(19-2)12(15)7-10/h3-9,18H,1-2H3. The molecule has 1 atom stereocenters. The molecule has 0 spiro atoms. The monoisotopic (exact) mass is 264 g/mol. The van der Waals surface area contributed by atoms with Gasteiger partial charge in [-0.1, -0.05) is 6.07 Å². The Morgan fingerprint density at radius 2 is 2.00 bits per heavy atom. The van der Waals surface area contributed by atoms with E-state index in [1.54, 1.807) is 18.2 Å². The van der Waals surface area contributed by atoms with E-state index >= 15 is 0 Å². The molecule has 0 aliphatic heterocycles. The number of pyridine rings is 1. The van der Waals surface area contributed by atoms with Crippen molar-refractivity contribution in [2.75, 3.05) is 12.4 Å². The zero-order chi connectivity index (χ0) is 13.8. The fraction of sp³-hybridized carbons (Fsp3) is 0.214. The number of methoxy groups -OCH3 is 1. The molecule has 0 radical (unpaired) electrons. The summed E-state index contributed by atoms with van der Waals surface area (Å²) in [5.74, 6) is -0.737. The molecule has 0 aliphatic carbocycles. The number of nitrogens with zero attached hydrogens (tertiary/aromatic N) is 1. The topological polar surface area (TPSA) is 34.1 Å². The largest absolute Gasteiger partial charge is 0.494 e. The molecule has 5 heteroatoms. The number of rotatable bonds is 4.